The van der Waals surface area contributed by atoms with Crippen LogP contribution in [-0.2, 0) is 19.6 Å². The van der Waals surface area contributed by atoms with Crippen molar-refractivity contribution in [2.45, 2.75) is 48.7 Å². The van der Waals surface area contributed by atoms with Crippen LogP contribution < -0.4 is 10.2 Å². The molecule has 3 atom stereocenters. The Balaban J connectivity index is 1.36. The van der Waals surface area contributed by atoms with E-state index in [2.05, 4.69) is 4.98 Å². The maximum Gasteiger partial charge on any atom is 0.263 e. The Kier molecular flexibility index (Phi) is 7.12. The summed E-state index contributed by atoms with van der Waals surface area (Å²) in [5.74, 6) is -0.856. The molecular weight excluding hydrogens is 505 g/mol. The molecule has 1 aromatic heterocycles. The molecule has 11 nitrogen and oxygen atoms in total. The molecule has 3 saturated heterocycles. The van der Waals surface area contributed by atoms with Crippen LogP contribution in [0.4, 0.5) is 4.39 Å². The van der Waals surface area contributed by atoms with Gasteiger partial charge in [-0.05, 0) is 56.0 Å². The van der Waals surface area contributed by atoms with Gasteiger partial charge < -0.3 is 9.64 Å². The number of pyridine rings is 1. The molecule has 1 aromatic carbocycles. The topological polar surface area (TPSA) is 132 Å². The van der Waals surface area contributed by atoms with Gasteiger partial charge in [-0.3, -0.25) is 19.7 Å². The zero-order valence-electron chi connectivity index (χ0n) is 20.0. The smallest absolute Gasteiger partial charge is 0.263 e. The molecule has 37 heavy (non-hydrogen) atoms. The van der Waals surface area contributed by atoms with Gasteiger partial charge in [-0.15, -0.1) is 0 Å². The fraction of sp³-hybridized carbons (Fsp3) is 0.458. The number of benzene rings is 1. The second-order valence-electron chi connectivity index (χ2n) is 9.44. The Morgan fingerprint density at radius 2 is 1.84 bits per heavy atom. The molecule has 3 fully saturated rings. The van der Waals surface area contributed by atoms with Gasteiger partial charge in [0.05, 0.1) is 12.7 Å². The number of piperazine rings is 1. The highest BCUT2D eigenvalue weighted by molar-refractivity contribution is 7.89. The molecule has 13 heteroatoms. The number of nitrogens with one attached hydrogen (secondary N) is 1. The SMILES string of the molecule is O=C(NO)[C@H]1[C@@H]2CC[C@H](CN1S(=O)(=O)c1ccc(Oc3ccc(F)cc3)nc1)N2CC(=O)N1CCCC1. The Bertz CT molecular complexity index is 1250. The lowest BCUT2D eigenvalue weighted by atomic mass is 10.0. The zero-order valence-corrected chi connectivity index (χ0v) is 20.8. The second kappa shape index (κ2) is 10.3. The van der Waals surface area contributed by atoms with Crippen LogP contribution in [0, 0.1) is 5.82 Å². The Morgan fingerprint density at radius 1 is 1.11 bits per heavy atom. The molecule has 2 N–H and O–H groups in total. The Labute approximate surface area is 213 Å². The third-order valence-electron chi connectivity index (χ3n) is 7.26. The van der Waals surface area contributed by atoms with Crippen LogP contribution in [0.25, 0.3) is 0 Å². The van der Waals surface area contributed by atoms with Crippen LogP contribution in [-0.4, -0.2) is 88.8 Å². The molecule has 3 aliphatic rings. The monoisotopic (exact) mass is 533 g/mol. The van der Waals surface area contributed by atoms with Crippen molar-refractivity contribution >= 4 is 21.8 Å². The number of amides is 2. The van der Waals surface area contributed by atoms with E-state index in [1.54, 1.807) is 10.4 Å². The average molecular weight is 534 g/mol. The molecule has 2 amide bonds. The summed E-state index contributed by atoms with van der Waals surface area (Å²) in [6, 6.07) is 5.99. The summed E-state index contributed by atoms with van der Waals surface area (Å²) in [5, 5.41) is 9.44. The van der Waals surface area contributed by atoms with Gasteiger partial charge >= 0.3 is 0 Å². The second-order valence-corrected chi connectivity index (χ2v) is 11.3. The van der Waals surface area contributed by atoms with E-state index in [0.717, 1.165) is 23.3 Å². The van der Waals surface area contributed by atoms with Gasteiger partial charge in [0.25, 0.3) is 5.91 Å². The fourth-order valence-electron chi connectivity index (χ4n) is 5.44. The summed E-state index contributed by atoms with van der Waals surface area (Å²) in [6.45, 7) is 1.52. The van der Waals surface area contributed by atoms with Gasteiger partial charge in [0.15, 0.2) is 0 Å². The van der Waals surface area contributed by atoms with Crippen LogP contribution in [0.2, 0.25) is 0 Å². The van der Waals surface area contributed by atoms with Crippen LogP contribution in [0.15, 0.2) is 47.5 Å². The molecule has 0 aliphatic carbocycles. The first kappa shape index (κ1) is 25.5. The fourth-order valence-corrected chi connectivity index (χ4v) is 7.04. The lowest BCUT2D eigenvalue weighted by molar-refractivity contribution is -0.140. The summed E-state index contributed by atoms with van der Waals surface area (Å²) in [4.78, 5) is 33.2. The normalized spacial score (nSPS) is 24.3. The van der Waals surface area contributed by atoms with Crippen molar-refractivity contribution in [3.05, 3.63) is 48.4 Å². The predicted octanol–water partition coefficient (Wildman–Crippen LogP) is 1.35. The first-order chi connectivity index (χ1) is 17.8. The van der Waals surface area contributed by atoms with E-state index in [1.165, 1.54) is 36.4 Å². The number of hydrogen-bond donors (Lipinski definition) is 2. The molecule has 198 valence electrons. The number of nitrogens with zero attached hydrogens (tertiary/aromatic N) is 4. The van der Waals surface area contributed by atoms with Gasteiger partial charge in [0.2, 0.25) is 21.8 Å². The molecule has 0 spiro atoms. The third kappa shape index (κ3) is 5.04. The van der Waals surface area contributed by atoms with E-state index in [-0.39, 0.29) is 35.8 Å². The number of likely N-dealkylation sites (tertiary alicyclic amines) is 1. The van der Waals surface area contributed by atoms with Gasteiger partial charge in [0, 0.05) is 37.8 Å². The molecule has 0 unspecified atom stereocenters. The number of hydrogen-bond acceptors (Lipinski definition) is 8. The van der Waals surface area contributed by atoms with Crippen LogP contribution in [0.1, 0.15) is 25.7 Å². The number of carbonyl (C=O) groups is 2. The average Bonchev–Trinajstić information content (AvgIpc) is 3.52. The maximum absolute atomic E-state index is 13.6. The standard InChI is InChI=1S/C24H28FN5O6S/c25-16-3-6-18(7-4-16)36-21-10-8-19(13-26-21)37(34,35)30-14-17-5-9-20(23(30)24(32)27-33)29(17)15-22(31)28-11-1-2-12-28/h3-4,6-8,10,13,17,20,23,33H,1-2,5,9,11-12,14-15H2,(H,27,32)/t17-,20+,23-/m1/s1. The van der Waals surface area contributed by atoms with Crippen LogP contribution >= 0.6 is 0 Å². The minimum atomic E-state index is -4.18. The van der Waals surface area contributed by atoms with Crippen molar-refractivity contribution in [2.24, 2.45) is 0 Å². The first-order valence-electron chi connectivity index (χ1n) is 12.2. The van der Waals surface area contributed by atoms with E-state index in [4.69, 9.17) is 4.74 Å². The lowest BCUT2D eigenvalue weighted by Gasteiger charge is -2.44. The Morgan fingerprint density at radius 3 is 2.49 bits per heavy atom. The van der Waals surface area contributed by atoms with E-state index < -0.39 is 33.8 Å². The number of halogens is 1. The zero-order chi connectivity index (χ0) is 26.2. The summed E-state index contributed by atoms with van der Waals surface area (Å²) in [7, 11) is -4.18. The molecule has 3 aliphatic heterocycles. The summed E-state index contributed by atoms with van der Waals surface area (Å²) >= 11 is 0. The van der Waals surface area contributed by atoms with E-state index >= 15 is 0 Å². The quantitative estimate of drug-likeness (QED) is 0.403. The number of sulfonamides is 1. The van der Waals surface area contributed by atoms with Gasteiger partial charge in [-0.2, -0.15) is 4.31 Å². The molecule has 5 rings (SSSR count). The number of carbonyl (C=O) groups excluding carboxylic acids is 2. The summed E-state index contributed by atoms with van der Waals surface area (Å²) in [6.07, 6.45) is 4.20. The third-order valence-corrected chi connectivity index (χ3v) is 9.09. The highest BCUT2D eigenvalue weighted by atomic mass is 32.2. The van der Waals surface area contributed by atoms with Gasteiger partial charge in [-0.1, -0.05) is 0 Å². The highest BCUT2D eigenvalue weighted by Crippen LogP contribution is 2.37. The van der Waals surface area contributed by atoms with Crippen molar-refractivity contribution in [3.8, 4) is 11.6 Å². The summed E-state index contributed by atoms with van der Waals surface area (Å²) in [5.41, 5.74) is 1.61. The molecule has 0 radical (unpaired) electrons. The predicted molar refractivity (Wildman–Crippen MR) is 128 cm³/mol. The molecule has 2 aromatic rings. The highest BCUT2D eigenvalue weighted by Gasteiger charge is 2.53. The number of hydroxylamine groups is 1. The number of ether oxygens (including phenoxy) is 1. The van der Waals surface area contributed by atoms with Crippen molar-refractivity contribution in [2.75, 3.05) is 26.2 Å². The Hall–Kier alpha value is -3.13. The van der Waals surface area contributed by atoms with Crippen molar-refractivity contribution in [1.82, 2.24) is 24.6 Å². The minimum absolute atomic E-state index is 0.00195. The largest absolute Gasteiger partial charge is 0.439 e. The summed E-state index contributed by atoms with van der Waals surface area (Å²) < 4.78 is 47.0. The minimum Gasteiger partial charge on any atom is -0.439 e. The number of fused-ring (bicyclic) bond motifs is 2. The van der Waals surface area contributed by atoms with Crippen molar-refractivity contribution in [1.29, 1.82) is 0 Å². The maximum atomic E-state index is 13.6. The number of aromatic nitrogens is 1. The van der Waals surface area contributed by atoms with Crippen molar-refractivity contribution in [3.63, 3.8) is 0 Å². The van der Waals surface area contributed by atoms with E-state index in [9.17, 15) is 27.6 Å². The van der Waals surface area contributed by atoms with Crippen LogP contribution in [0.5, 0.6) is 11.6 Å². The van der Waals surface area contributed by atoms with E-state index in [0.29, 0.717) is 31.7 Å². The number of rotatable bonds is 7. The molecular formula is C24H28FN5O6S. The molecule has 4 heterocycles. The molecule has 0 saturated carbocycles. The first-order valence-corrected chi connectivity index (χ1v) is 13.6. The molecule has 2 bridgehead atoms. The van der Waals surface area contributed by atoms with Crippen molar-refractivity contribution < 1.29 is 32.3 Å². The van der Waals surface area contributed by atoms with Gasteiger partial charge in [0.1, 0.15) is 22.5 Å². The lowest BCUT2D eigenvalue weighted by Crippen LogP contribution is -2.66. The van der Waals surface area contributed by atoms with E-state index in [1.807, 2.05) is 4.90 Å². The van der Waals surface area contributed by atoms with Gasteiger partial charge in [-0.25, -0.2) is 23.3 Å². The van der Waals surface area contributed by atoms with Crippen LogP contribution in [0.3, 0.4) is 0 Å².